The number of nitrogens with one attached hydrogen (secondary N) is 1. The fraction of sp³-hybridized carbons (Fsp3) is 0.294. The van der Waals surface area contributed by atoms with Crippen molar-refractivity contribution in [2.75, 3.05) is 13.8 Å². The van der Waals surface area contributed by atoms with E-state index in [-0.39, 0.29) is 0 Å². The highest BCUT2D eigenvalue weighted by atomic mass is 16.7. The molecule has 2 atom stereocenters. The van der Waals surface area contributed by atoms with Crippen LogP contribution in [0.25, 0.3) is 0 Å². The lowest BCUT2D eigenvalue weighted by Crippen LogP contribution is -2.13. The van der Waals surface area contributed by atoms with Crippen molar-refractivity contribution in [2.45, 2.75) is 18.4 Å². The van der Waals surface area contributed by atoms with Crippen molar-refractivity contribution in [1.82, 2.24) is 5.32 Å². The van der Waals surface area contributed by atoms with E-state index >= 15 is 0 Å². The molecule has 0 fully saturated rings. The number of hydrogen-bond donors (Lipinski definition) is 1. The molecule has 20 heavy (non-hydrogen) atoms. The van der Waals surface area contributed by atoms with Crippen molar-refractivity contribution in [3.05, 3.63) is 59.2 Å². The molecule has 0 saturated heterocycles. The van der Waals surface area contributed by atoms with Crippen LogP contribution in [0.15, 0.2) is 42.5 Å². The van der Waals surface area contributed by atoms with Crippen LogP contribution in [0.5, 0.6) is 11.5 Å². The summed E-state index contributed by atoms with van der Waals surface area (Å²) in [7, 11) is 2.03. The van der Waals surface area contributed by atoms with Gasteiger partial charge in [-0.05, 0) is 42.3 Å². The summed E-state index contributed by atoms with van der Waals surface area (Å²) in [5.74, 6) is 2.15. The molecule has 0 spiro atoms. The minimum atomic E-state index is 0.333. The molecular weight excluding hydrogens is 250 g/mol. The zero-order chi connectivity index (χ0) is 13.5. The molecule has 2 aromatic carbocycles. The van der Waals surface area contributed by atoms with Crippen LogP contribution < -0.4 is 14.8 Å². The smallest absolute Gasteiger partial charge is 0.231 e. The average molecular weight is 267 g/mol. The highest BCUT2D eigenvalue weighted by molar-refractivity contribution is 5.50. The predicted octanol–water partition coefficient (Wildman–Crippen LogP) is 3.21. The van der Waals surface area contributed by atoms with E-state index in [9.17, 15) is 0 Å². The number of benzene rings is 2. The van der Waals surface area contributed by atoms with Gasteiger partial charge < -0.3 is 14.8 Å². The first-order chi connectivity index (χ1) is 9.86. The van der Waals surface area contributed by atoms with Crippen molar-refractivity contribution >= 4 is 0 Å². The fourth-order valence-corrected chi connectivity index (χ4v) is 3.35. The Morgan fingerprint density at radius 2 is 1.80 bits per heavy atom. The van der Waals surface area contributed by atoms with Crippen LogP contribution in [0.4, 0.5) is 0 Å². The van der Waals surface area contributed by atoms with E-state index in [0.29, 0.717) is 18.8 Å². The molecular formula is C17H17NO2. The Bertz CT molecular complexity index is 653. The second-order valence-electron chi connectivity index (χ2n) is 5.37. The van der Waals surface area contributed by atoms with Gasteiger partial charge in [0.1, 0.15) is 0 Å². The van der Waals surface area contributed by atoms with Crippen molar-refractivity contribution in [3.8, 4) is 11.5 Å². The zero-order valence-electron chi connectivity index (χ0n) is 11.4. The quantitative estimate of drug-likeness (QED) is 0.906. The summed E-state index contributed by atoms with van der Waals surface area (Å²) in [6, 6.07) is 15.4. The molecule has 3 nitrogen and oxygen atoms in total. The molecule has 0 saturated carbocycles. The van der Waals surface area contributed by atoms with E-state index in [0.717, 1.165) is 17.9 Å². The Kier molecular flexibility index (Phi) is 2.67. The van der Waals surface area contributed by atoms with Gasteiger partial charge in [0.2, 0.25) is 6.79 Å². The molecule has 1 aliphatic heterocycles. The van der Waals surface area contributed by atoms with E-state index in [4.69, 9.17) is 9.47 Å². The third kappa shape index (κ3) is 1.70. The summed E-state index contributed by atoms with van der Waals surface area (Å²) in [5, 5.41) is 3.42. The molecule has 0 amide bonds. The van der Waals surface area contributed by atoms with Crippen molar-refractivity contribution in [2.24, 2.45) is 0 Å². The van der Waals surface area contributed by atoms with Gasteiger partial charge in [-0.1, -0.05) is 30.3 Å². The lowest BCUT2D eigenvalue weighted by Gasteiger charge is -2.13. The monoisotopic (exact) mass is 267 g/mol. The van der Waals surface area contributed by atoms with Gasteiger partial charge in [-0.3, -0.25) is 0 Å². The highest BCUT2D eigenvalue weighted by Gasteiger charge is 2.31. The molecule has 1 aliphatic carbocycles. The standard InChI is InChI=1S/C17H17NO2/c1-18-15-9-14(12-4-2-3-5-13(12)15)11-6-7-16-17(8-11)20-10-19-16/h2-8,14-15,18H,9-10H2,1H3/t14-,15-/m0/s1. The molecule has 102 valence electrons. The lowest BCUT2D eigenvalue weighted by molar-refractivity contribution is 0.174. The minimum absolute atomic E-state index is 0.333. The maximum atomic E-state index is 5.50. The maximum absolute atomic E-state index is 5.50. The number of hydrogen-bond acceptors (Lipinski definition) is 3. The number of rotatable bonds is 2. The summed E-state index contributed by atoms with van der Waals surface area (Å²) in [4.78, 5) is 0. The largest absolute Gasteiger partial charge is 0.454 e. The van der Waals surface area contributed by atoms with Gasteiger partial charge >= 0.3 is 0 Å². The first kappa shape index (κ1) is 11.8. The fourth-order valence-electron chi connectivity index (χ4n) is 3.35. The Morgan fingerprint density at radius 3 is 2.65 bits per heavy atom. The van der Waals surface area contributed by atoms with E-state index in [1.807, 2.05) is 13.1 Å². The maximum Gasteiger partial charge on any atom is 0.231 e. The van der Waals surface area contributed by atoms with Crippen LogP contribution in [0.3, 0.4) is 0 Å². The summed E-state index contributed by atoms with van der Waals surface area (Å²) < 4.78 is 10.9. The second kappa shape index (κ2) is 4.53. The van der Waals surface area contributed by atoms with Crippen LogP contribution in [0.1, 0.15) is 35.1 Å². The molecule has 0 radical (unpaired) electrons. The zero-order valence-corrected chi connectivity index (χ0v) is 11.4. The highest BCUT2D eigenvalue weighted by Crippen LogP contribution is 2.45. The number of ether oxygens (including phenoxy) is 2. The molecule has 0 unspecified atom stereocenters. The Labute approximate surface area is 118 Å². The third-order valence-corrected chi connectivity index (χ3v) is 4.37. The molecule has 0 aromatic heterocycles. The van der Waals surface area contributed by atoms with Crippen molar-refractivity contribution in [1.29, 1.82) is 0 Å². The first-order valence-corrected chi connectivity index (χ1v) is 7.02. The van der Waals surface area contributed by atoms with Gasteiger partial charge in [-0.2, -0.15) is 0 Å². The summed E-state index contributed by atoms with van der Waals surface area (Å²) in [6.45, 7) is 0.333. The Morgan fingerprint density at radius 1 is 1.00 bits per heavy atom. The van der Waals surface area contributed by atoms with E-state index in [1.165, 1.54) is 16.7 Å². The van der Waals surface area contributed by atoms with Gasteiger partial charge in [-0.25, -0.2) is 0 Å². The van der Waals surface area contributed by atoms with Gasteiger partial charge in [0.25, 0.3) is 0 Å². The van der Waals surface area contributed by atoms with Crippen LogP contribution in [-0.2, 0) is 0 Å². The van der Waals surface area contributed by atoms with Gasteiger partial charge in [0.15, 0.2) is 11.5 Å². The lowest BCUT2D eigenvalue weighted by atomic mass is 9.93. The Hall–Kier alpha value is -2.00. The normalized spacial score (nSPS) is 22.9. The first-order valence-electron chi connectivity index (χ1n) is 7.02. The van der Waals surface area contributed by atoms with Crippen molar-refractivity contribution < 1.29 is 9.47 Å². The second-order valence-corrected chi connectivity index (χ2v) is 5.37. The molecule has 2 aliphatic rings. The van der Waals surface area contributed by atoms with E-state index in [1.54, 1.807) is 0 Å². The average Bonchev–Trinajstić information content (AvgIpc) is 3.10. The van der Waals surface area contributed by atoms with E-state index in [2.05, 4.69) is 41.7 Å². The molecule has 2 aromatic rings. The van der Waals surface area contributed by atoms with E-state index < -0.39 is 0 Å². The predicted molar refractivity (Wildman–Crippen MR) is 77.3 cm³/mol. The molecule has 0 bridgehead atoms. The van der Waals surface area contributed by atoms with Crippen LogP contribution in [0, 0.1) is 0 Å². The minimum Gasteiger partial charge on any atom is -0.454 e. The van der Waals surface area contributed by atoms with Crippen LogP contribution in [-0.4, -0.2) is 13.8 Å². The summed E-state index contributed by atoms with van der Waals surface area (Å²) >= 11 is 0. The topological polar surface area (TPSA) is 30.5 Å². The molecule has 4 rings (SSSR count). The van der Waals surface area contributed by atoms with Gasteiger partial charge in [-0.15, -0.1) is 0 Å². The van der Waals surface area contributed by atoms with Gasteiger partial charge in [0.05, 0.1) is 0 Å². The van der Waals surface area contributed by atoms with Crippen LogP contribution in [0.2, 0.25) is 0 Å². The number of fused-ring (bicyclic) bond motifs is 2. The molecule has 3 heteroatoms. The third-order valence-electron chi connectivity index (χ3n) is 4.37. The van der Waals surface area contributed by atoms with Crippen LogP contribution >= 0.6 is 0 Å². The summed E-state index contributed by atoms with van der Waals surface area (Å²) in [5.41, 5.74) is 4.14. The summed E-state index contributed by atoms with van der Waals surface area (Å²) in [6.07, 6.45) is 1.09. The van der Waals surface area contributed by atoms with Gasteiger partial charge in [0, 0.05) is 12.0 Å². The SMILES string of the molecule is CN[C@H]1C[C@@H](c2ccc3c(c2)OCO3)c2ccccc21. The molecule has 1 heterocycles. The molecule has 1 N–H and O–H groups in total. The van der Waals surface area contributed by atoms with Crippen molar-refractivity contribution in [3.63, 3.8) is 0 Å². The Balaban J connectivity index is 1.76.